The first-order valence-electron chi connectivity index (χ1n) is 15.2. The monoisotopic (exact) mass is 602 g/mol. The number of likely N-dealkylation sites (tertiary alicyclic amines) is 1. The van der Waals surface area contributed by atoms with Gasteiger partial charge < -0.3 is 14.5 Å². The van der Waals surface area contributed by atoms with Gasteiger partial charge in [-0.1, -0.05) is 72.8 Å². The van der Waals surface area contributed by atoms with Gasteiger partial charge in [0.05, 0.1) is 11.5 Å². The van der Waals surface area contributed by atoms with E-state index in [0.717, 1.165) is 37.2 Å². The van der Waals surface area contributed by atoms with E-state index >= 15 is 0 Å². The van der Waals surface area contributed by atoms with Crippen molar-refractivity contribution in [2.75, 3.05) is 26.2 Å². The van der Waals surface area contributed by atoms with Crippen LogP contribution in [-0.4, -0.2) is 57.6 Å². The molecule has 0 amide bonds. The van der Waals surface area contributed by atoms with Gasteiger partial charge in [0.15, 0.2) is 0 Å². The van der Waals surface area contributed by atoms with Gasteiger partial charge in [-0.15, -0.1) is 10.2 Å². The minimum Gasteiger partial charge on any atom is -0.461 e. The summed E-state index contributed by atoms with van der Waals surface area (Å²) in [7, 11) is 0. The largest absolute Gasteiger partial charge is 0.461 e. The Morgan fingerprint density at radius 2 is 1.64 bits per heavy atom. The Labute approximate surface area is 260 Å². The molecule has 0 saturated carbocycles. The molecule has 3 aromatic carbocycles. The van der Waals surface area contributed by atoms with Crippen LogP contribution in [0.4, 0.5) is 0 Å². The molecular weight excluding hydrogens is 568 g/mol. The fourth-order valence-electron chi connectivity index (χ4n) is 6.97. The first kappa shape index (κ1) is 28.7. The number of hydrogen-bond acceptors (Lipinski definition) is 10. The van der Waals surface area contributed by atoms with Gasteiger partial charge in [0, 0.05) is 28.9 Å². The number of nitrogens with zero attached hydrogens (tertiary/aromatic N) is 5. The third-order valence-corrected chi connectivity index (χ3v) is 9.20. The maximum atomic E-state index is 13.9. The molecule has 1 N–H and O–H groups in total. The van der Waals surface area contributed by atoms with E-state index in [4.69, 9.17) is 13.8 Å². The van der Waals surface area contributed by atoms with Gasteiger partial charge in [-0.05, 0) is 72.8 Å². The second-order valence-electron chi connectivity index (χ2n) is 11.7. The highest BCUT2D eigenvalue weighted by molar-refractivity contribution is 5.98. The van der Waals surface area contributed by atoms with Gasteiger partial charge in [-0.3, -0.25) is 4.90 Å². The molecule has 0 bridgehead atoms. The van der Waals surface area contributed by atoms with Crippen LogP contribution >= 0.6 is 0 Å². The second kappa shape index (κ2) is 12.1. The van der Waals surface area contributed by atoms with E-state index in [1.807, 2.05) is 32.0 Å². The Kier molecular flexibility index (Phi) is 7.72. The lowest BCUT2D eigenvalue weighted by atomic mass is 9.68. The van der Waals surface area contributed by atoms with Crippen molar-refractivity contribution >= 4 is 22.6 Å². The summed E-state index contributed by atoms with van der Waals surface area (Å²) >= 11 is 0. The molecule has 7 rings (SSSR count). The van der Waals surface area contributed by atoms with Crippen molar-refractivity contribution in [1.29, 1.82) is 0 Å². The predicted octanol–water partition coefficient (Wildman–Crippen LogP) is 5.62. The second-order valence-corrected chi connectivity index (χ2v) is 11.7. The lowest BCUT2D eigenvalue weighted by Crippen LogP contribution is -2.44. The van der Waals surface area contributed by atoms with Crippen LogP contribution in [0.3, 0.4) is 0 Å². The molecule has 1 fully saturated rings. The third-order valence-electron chi connectivity index (χ3n) is 9.20. The molecule has 2 aliphatic heterocycles. The van der Waals surface area contributed by atoms with Crippen LogP contribution in [0.5, 0.6) is 0 Å². The molecule has 45 heavy (non-hydrogen) atoms. The Morgan fingerprint density at radius 1 is 0.933 bits per heavy atom. The number of hydrogen-bond donors (Lipinski definition) is 1. The van der Waals surface area contributed by atoms with Gasteiger partial charge in [0.1, 0.15) is 17.6 Å². The summed E-state index contributed by atoms with van der Waals surface area (Å²) in [6, 6.07) is 27.2. The summed E-state index contributed by atoms with van der Waals surface area (Å²) in [5, 5.41) is 19.6. The maximum absolute atomic E-state index is 13.9. The molecule has 1 unspecified atom stereocenters. The summed E-state index contributed by atoms with van der Waals surface area (Å²) in [5.74, 6) is -0.685. The molecule has 228 valence electrons. The molecule has 2 aromatic heterocycles. The zero-order valence-electron chi connectivity index (χ0n) is 25.3. The molecule has 4 heterocycles. The Balaban J connectivity index is 1.09. The van der Waals surface area contributed by atoms with Crippen LogP contribution < -0.4 is 5.32 Å². The van der Waals surface area contributed by atoms with Crippen molar-refractivity contribution in [2.45, 2.75) is 38.0 Å². The van der Waals surface area contributed by atoms with Crippen molar-refractivity contribution in [3.8, 4) is 0 Å². The highest BCUT2D eigenvalue weighted by atomic mass is 16.6. The highest BCUT2D eigenvalue weighted by Gasteiger charge is 2.40. The summed E-state index contributed by atoms with van der Waals surface area (Å²) in [5.41, 5.74) is 7.15. The number of ether oxygens (including phenoxy) is 1. The fourth-order valence-corrected chi connectivity index (χ4v) is 6.97. The van der Waals surface area contributed by atoms with Gasteiger partial charge in [-0.25, -0.2) is 9.42 Å². The number of nitrogens with one attached hydrogen (secondary N) is 1. The smallest absolute Gasteiger partial charge is 0.336 e. The number of esters is 1. The summed E-state index contributed by atoms with van der Waals surface area (Å²) < 4.78 is 16.7. The first-order chi connectivity index (χ1) is 22.0. The molecule has 2 aliphatic rings. The number of carbonyl (C=O) groups is 1. The zero-order valence-corrected chi connectivity index (χ0v) is 25.3. The SMILES string of the molecule is CC1=C(C(=O)OCCN2CCC(c3ccccc3)(c3ccccc3)CC2)C(c2cccc3nonc23)C(c2nnco2)=C(C)N1. The minimum atomic E-state index is -0.581. The number of piperidine rings is 1. The van der Waals surface area contributed by atoms with Gasteiger partial charge >= 0.3 is 5.97 Å². The van der Waals surface area contributed by atoms with E-state index in [2.05, 4.69) is 91.4 Å². The molecule has 0 radical (unpaired) electrons. The van der Waals surface area contributed by atoms with Crippen molar-refractivity contribution < 1.29 is 18.6 Å². The Morgan fingerprint density at radius 3 is 2.31 bits per heavy atom. The lowest BCUT2D eigenvalue weighted by molar-refractivity contribution is -0.139. The molecule has 5 aromatic rings. The number of aromatic nitrogens is 4. The average Bonchev–Trinajstić information content (AvgIpc) is 3.79. The van der Waals surface area contributed by atoms with E-state index in [9.17, 15) is 4.79 Å². The molecular formula is C35H34N6O4. The standard InChI is InChI=1S/C35H34N6O4/c1-23-29(33-38-36-22-44-33)31(27-14-9-15-28-32(27)40-45-39-28)30(24(2)37-23)34(42)43-21-20-41-18-16-35(17-19-41,25-10-5-3-6-11-25)26-12-7-4-8-13-26/h3-15,22,31,37H,16-21H2,1-2H3. The van der Waals surface area contributed by atoms with Gasteiger partial charge in [-0.2, -0.15) is 0 Å². The van der Waals surface area contributed by atoms with E-state index < -0.39 is 11.9 Å². The van der Waals surface area contributed by atoms with Crippen LogP contribution in [0.15, 0.2) is 111 Å². The summed E-state index contributed by atoms with van der Waals surface area (Å²) in [6.45, 7) is 6.50. The van der Waals surface area contributed by atoms with Crippen molar-refractivity contribution in [1.82, 2.24) is 30.7 Å². The Hall–Kier alpha value is -5.09. The topological polar surface area (TPSA) is 119 Å². The van der Waals surface area contributed by atoms with E-state index in [1.54, 1.807) is 0 Å². The maximum Gasteiger partial charge on any atom is 0.336 e. The molecule has 10 heteroatoms. The predicted molar refractivity (Wildman–Crippen MR) is 168 cm³/mol. The Bertz CT molecular complexity index is 1810. The van der Waals surface area contributed by atoms with Crippen LogP contribution in [0.2, 0.25) is 0 Å². The molecule has 0 aliphatic carbocycles. The van der Waals surface area contributed by atoms with Crippen molar-refractivity contribution in [2.24, 2.45) is 0 Å². The van der Waals surface area contributed by atoms with Crippen LogP contribution in [0.1, 0.15) is 55.2 Å². The zero-order chi connectivity index (χ0) is 30.8. The number of allylic oxidation sites excluding steroid dienone is 3. The minimum absolute atomic E-state index is 0.0368. The van der Waals surface area contributed by atoms with Crippen molar-refractivity contribution in [3.05, 3.63) is 125 Å². The quantitative estimate of drug-likeness (QED) is 0.224. The molecule has 0 spiro atoms. The highest BCUT2D eigenvalue weighted by Crippen LogP contribution is 2.45. The van der Waals surface area contributed by atoms with Crippen LogP contribution in [0, 0.1) is 0 Å². The van der Waals surface area contributed by atoms with Gasteiger partial charge in [0.2, 0.25) is 12.3 Å². The van der Waals surface area contributed by atoms with Crippen LogP contribution in [0.25, 0.3) is 16.6 Å². The normalized spacial score (nSPS) is 18.7. The number of rotatable bonds is 8. The van der Waals surface area contributed by atoms with Gasteiger partial charge in [0.25, 0.3) is 0 Å². The fraction of sp³-hybridized carbons (Fsp3) is 0.286. The molecule has 1 saturated heterocycles. The lowest BCUT2D eigenvalue weighted by Gasteiger charge is -2.43. The molecule has 1 atom stereocenters. The summed E-state index contributed by atoms with van der Waals surface area (Å²) in [6.07, 6.45) is 3.24. The number of fused-ring (bicyclic) bond motifs is 1. The van der Waals surface area contributed by atoms with E-state index in [1.165, 1.54) is 17.5 Å². The summed E-state index contributed by atoms with van der Waals surface area (Å²) in [4.78, 5) is 16.3. The molecule has 10 nitrogen and oxygen atoms in total. The van der Waals surface area contributed by atoms with Crippen LogP contribution in [-0.2, 0) is 14.9 Å². The van der Waals surface area contributed by atoms with E-state index in [-0.39, 0.29) is 12.0 Å². The van der Waals surface area contributed by atoms with Crippen molar-refractivity contribution in [3.63, 3.8) is 0 Å². The number of carbonyl (C=O) groups excluding carboxylic acids is 1. The first-order valence-corrected chi connectivity index (χ1v) is 15.2. The van der Waals surface area contributed by atoms with E-state index in [0.29, 0.717) is 40.3 Å². The average molecular weight is 603 g/mol. The number of dihydropyridines is 1. The number of benzene rings is 3. The third kappa shape index (κ3) is 5.31.